The van der Waals surface area contributed by atoms with Gasteiger partial charge in [0.15, 0.2) is 0 Å². The number of carbonyl (C=O) groups excluding carboxylic acids is 2. The molecule has 1 saturated heterocycles. The first kappa shape index (κ1) is 26.0. The summed E-state index contributed by atoms with van der Waals surface area (Å²) in [6.45, 7) is 1.13. The second-order valence-electron chi connectivity index (χ2n) is 8.44. The average molecular weight is 546 g/mol. The summed E-state index contributed by atoms with van der Waals surface area (Å²) in [4.78, 5) is 26.6. The number of hydrogen-bond acceptors (Lipinski definition) is 4. The van der Waals surface area contributed by atoms with Gasteiger partial charge in [-0.25, -0.2) is 8.42 Å². The van der Waals surface area contributed by atoms with Gasteiger partial charge in [0.05, 0.1) is 20.6 Å². The third-order valence-electron chi connectivity index (χ3n) is 5.87. The van der Waals surface area contributed by atoms with Gasteiger partial charge in [0.1, 0.15) is 6.54 Å². The molecule has 1 heterocycles. The van der Waals surface area contributed by atoms with Crippen LogP contribution in [0.15, 0.2) is 77.7 Å². The molecule has 188 valence electrons. The van der Waals surface area contributed by atoms with Gasteiger partial charge < -0.3 is 10.2 Å². The Kier molecular flexibility index (Phi) is 8.18. The van der Waals surface area contributed by atoms with E-state index in [1.54, 1.807) is 18.2 Å². The number of nitrogens with zero attached hydrogens (tertiary/aromatic N) is 2. The Balaban J connectivity index is 1.45. The summed E-state index contributed by atoms with van der Waals surface area (Å²) in [5.41, 5.74) is 2.09. The van der Waals surface area contributed by atoms with Gasteiger partial charge in [0.25, 0.3) is 10.0 Å². The van der Waals surface area contributed by atoms with E-state index in [-0.39, 0.29) is 33.1 Å². The molecule has 0 aliphatic carbocycles. The van der Waals surface area contributed by atoms with Crippen molar-refractivity contribution in [1.29, 1.82) is 0 Å². The van der Waals surface area contributed by atoms with Crippen LogP contribution in [0.3, 0.4) is 0 Å². The summed E-state index contributed by atoms with van der Waals surface area (Å²) in [5, 5.41) is 3.24. The highest BCUT2D eigenvalue weighted by Gasteiger charge is 2.27. The van der Waals surface area contributed by atoms with Crippen LogP contribution in [0.2, 0.25) is 10.0 Å². The maximum atomic E-state index is 13.4. The quantitative estimate of drug-likeness (QED) is 0.424. The maximum Gasteiger partial charge on any atom is 0.264 e. The highest BCUT2D eigenvalue weighted by molar-refractivity contribution is 7.92. The fraction of sp³-hybridized carbons (Fsp3) is 0.231. The van der Waals surface area contributed by atoms with Gasteiger partial charge in [-0.1, -0.05) is 65.7 Å². The minimum Gasteiger partial charge on any atom is -0.350 e. The van der Waals surface area contributed by atoms with Gasteiger partial charge in [0.2, 0.25) is 11.8 Å². The Morgan fingerprint density at radius 2 is 1.64 bits per heavy atom. The van der Waals surface area contributed by atoms with Crippen molar-refractivity contribution < 1.29 is 18.0 Å². The molecule has 1 aliphatic heterocycles. The van der Waals surface area contributed by atoms with Gasteiger partial charge in [0, 0.05) is 26.1 Å². The number of carbonyl (C=O) groups is 2. The molecule has 1 fully saturated rings. The molecule has 1 aliphatic rings. The van der Waals surface area contributed by atoms with E-state index in [9.17, 15) is 18.0 Å². The molecule has 0 saturated carbocycles. The number of likely N-dealkylation sites (tertiary alicyclic amines) is 1. The molecule has 0 atom stereocenters. The standard InChI is InChI=1S/C26H25Cl2N3O4S/c27-23-13-12-21(15-24(23)28)31(36(34,35)22-5-2-1-3-6-22)18-25(32)29-16-19-8-10-20(11-9-19)17-30-14-4-7-26(30)33/h1-3,5-6,8-13,15H,4,7,14,16-18H2,(H,29,32). The molecular weight excluding hydrogens is 521 g/mol. The summed E-state index contributed by atoms with van der Waals surface area (Å²) in [6.07, 6.45) is 1.49. The lowest BCUT2D eigenvalue weighted by atomic mass is 10.1. The third-order valence-corrected chi connectivity index (χ3v) is 8.39. The minimum absolute atomic E-state index is 0.0518. The number of anilines is 1. The molecule has 7 nitrogen and oxygen atoms in total. The number of amides is 2. The Morgan fingerprint density at radius 1 is 0.944 bits per heavy atom. The van der Waals surface area contributed by atoms with Crippen molar-refractivity contribution >= 4 is 50.7 Å². The van der Waals surface area contributed by atoms with Crippen LogP contribution < -0.4 is 9.62 Å². The first-order valence-electron chi connectivity index (χ1n) is 11.4. The normalized spacial score (nSPS) is 13.6. The van der Waals surface area contributed by atoms with E-state index in [0.717, 1.165) is 28.4 Å². The predicted octanol–water partition coefficient (Wildman–Crippen LogP) is 4.63. The second kappa shape index (κ2) is 11.3. The van der Waals surface area contributed by atoms with Crippen molar-refractivity contribution in [1.82, 2.24) is 10.2 Å². The van der Waals surface area contributed by atoms with E-state index in [1.807, 2.05) is 29.2 Å². The number of sulfonamides is 1. The largest absolute Gasteiger partial charge is 0.350 e. The molecule has 10 heteroatoms. The van der Waals surface area contributed by atoms with Crippen LogP contribution in [-0.2, 0) is 32.7 Å². The molecule has 0 spiro atoms. The zero-order valence-corrected chi connectivity index (χ0v) is 21.7. The monoisotopic (exact) mass is 545 g/mol. The second-order valence-corrected chi connectivity index (χ2v) is 11.1. The maximum absolute atomic E-state index is 13.4. The van der Waals surface area contributed by atoms with Crippen LogP contribution >= 0.6 is 23.2 Å². The zero-order chi connectivity index (χ0) is 25.7. The Bertz CT molecular complexity index is 1350. The Hall–Kier alpha value is -3.07. The van der Waals surface area contributed by atoms with Crippen molar-refractivity contribution in [2.45, 2.75) is 30.8 Å². The molecule has 4 rings (SSSR count). The average Bonchev–Trinajstić information content (AvgIpc) is 3.28. The lowest BCUT2D eigenvalue weighted by Gasteiger charge is -2.24. The molecule has 0 unspecified atom stereocenters. The topological polar surface area (TPSA) is 86.8 Å². The first-order chi connectivity index (χ1) is 17.2. The van der Waals surface area contributed by atoms with E-state index < -0.39 is 22.5 Å². The van der Waals surface area contributed by atoms with Crippen molar-refractivity contribution in [2.75, 3.05) is 17.4 Å². The summed E-state index contributed by atoms with van der Waals surface area (Å²) in [7, 11) is -4.04. The summed E-state index contributed by atoms with van der Waals surface area (Å²) in [5.74, 6) is -0.310. The number of halogens is 2. The van der Waals surface area contributed by atoms with Crippen LogP contribution in [0, 0.1) is 0 Å². The highest BCUT2D eigenvalue weighted by atomic mass is 35.5. The van der Waals surface area contributed by atoms with E-state index in [1.165, 1.54) is 30.3 Å². The molecule has 0 bridgehead atoms. The summed E-state index contributed by atoms with van der Waals surface area (Å²) >= 11 is 12.1. The SMILES string of the molecule is O=C(CN(c1ccc(Cl)c(Cl)c1)S(=O)(=O)c1ccccc1)NCc1ccc(CN2CCCC2=O)cc1. The number of rotatable bonds is 9. The van der Waals surface area contributed by atoms with Gasteiger partial charge in [-0.15, -0.1) is 0 Å². The van der Waals surface area contributed by atoms with Crippen molar-refractivity contribution in [3.05, 3.63) is 94.0 Å². The zero-order valence-electron chi connectivity index (χ0n) is 19.4. The van der Waals surface area contributed by atoms with Crippen molar-refractivity contribution in [3.8, 4) is 0 Å². The summed E-state index contributed by atoms with van der Waals surface area (Å²) in [6, 6.07) is 19.9. The third kappa shape index (κ3) is 6.19. The van der Waals surface area contributed by atoms with Gasteiger partial charge in [-0.05, 0) is 47.9 Å². The van der Waals surface area contributed by atoms with Crippen LogP contribution in [0.1, 0.15) is 24.0 Å². The molecule has 3 aromatic rings. The molecular formula is C26H25Cl2N3O4S. The lowest BCUT2D eigenvalue weighted by molar-refractivity contribution is -0.128. The summed E-state index contributed by atoms with van der Waals surface area (Å²) < 4.78 is 27.8. The number of benzene rings is 3. The van der Waals surface area contributed by atoms with Crippen molar-refractivity contribution in [2.24, 2.45) is 0 Å². The minimum atomic E-state index is -4.04. The number of hydrogen-bond donors (Lipinski definition) is 1. The van der Waals surface area contributed by atoms with Crippen molar-refractivity contribution in [3.63, 3.8) is 0 Å². The lowest BCUT2D eigenvalue weighted by Crippen LogP contribution is -2.40. The molecule has 3 aromatic carbocycles. The predicted molar refractivity (Wildman–Crippen MR) is 140 cm³/mol. The molecule has 2 amide bonds. The van der Waals surface area contributed by atoms with E-state index in [4.69, 9.17) is 23.2 Å². The van der Waals surface area contributed by atoms with Gasteiger partial charge >= 0.3 is 0 Å². The molecule has 1 N–H and O–H groups in total. The van der Waals surface area contributed by atoms with E-state index >= 15 is 0 Å². The van der Waals surface area contributed by atoms with E-state index in [2.05, 4.69) is 5.32 Å². The first-order valence-corrected chi connectivity index (χ1v) is 13.6. The Morgan fingerprint density at radius 3 is 2.28 bits per heavy atom. The van der Waals surface area contributed by atoms with Crippen LogP contribution in [0.5, 0.6) is 0 Å². The smallest absolute Gasteiger partial charge is 0.264 e. The van der Waals surface area contributed by atoms with Crippen LogP contribution in [-0.4, -0.2) is 38.2 Å². The number of nitrogens with one attached hydrogen (secondary N) is 1. The molecule has 0 aromatic heterocycles. The van der Waals surface area contributed by atoms with E-state index in [0.29, 0.717) is 13.0 Å². The van der Waals surface area contributed by atoms with Crippen LogP contribution in [0.4, 0.5) is 5.69 Å². The molecule has 36 heavy (non-hydrogen) atoms. The highest BCUT2D eigenvalue weighted by Crippen LogP contribution is 2.30. The Labute approximate surface area is 220 Å². The van der Waals surface area contributed by atoms with Gasteiger partial charge in [-0.3, -0.25) is 13.9 Å². The fourth-order valence-electron chi connectivity index (χ4n) is 3.92. The van der Waals surface area contributed by atoms with Gasteiger partial charge in [-0.2, -0.15) is 0 Å². The van der Waals surface area contributed by atoms with Crippen LogP contribution in [0.25, 0.3) is 0 Å². The molecule has 0 radical (unpaired) electrons. The fourth-order valence-corrected chi connectivity index (χ4v) is 5.64.